The van der Waals surface area contributed by atoms with Crippen LogP contribution in [0.3, 0.4) is 0 Å². The highest BCUT2D eigenvalue weighted by atomic mass is 19.1. The minimum absolute atomic E-state index is 0.0952. The van der Waals surface area contributed by atoms with Crippen LogP contribution in [0, 0.1) is 15.9 Å². The number of halogens is 1. The third-order valence-electron chi connectivity index (χ3n) is 3.28. The standard InChI is InChI=1S/C16H17FN2O4/c1-22-10-12-7-11(3-5-14(12)17)9-18-13-4-6-15(19(20)21)16(8-13)23-2/h3-8,18H,9-10H2,1-2H3. The number of anilines is 1. The van der Waals surface area contributed by atoms with Crippen LogP contribution in [0.5, 0.6) is 5.75 Å². The van der Waals surface area contributed by atoms with Gasteiger partial charge in [-0.2, -0.15) is 0 Å². The van der Waals surface area contributed by atoms with E-state index in [1.807, 2.05) is 0 Å². The Balaban J connectivity index is 2.12. The van der Waals surface area contributed by atoms with Crippen LogP contribution < -0.4 is 10.1 Å². The van der Waals surface area contributed by atoms with E-state index in [2.05, 4.69) is 5.32 Å². The lowest BCUT2D eigenvalue weighted by Gasteiger charge is -2.10. The van der Waals surface area contributed by atoms with E-state index in [0.29, 0.717) is 17.8 Å². The van der Waals surface area contributed by atoms with Gasteiger partial charge in [-0.3, -0.25) is 10.1 Å². The van der Waals surface area contributed by atoms with Crippen molar-refractivity contribution in [3.05, 3.63) is 63.5 Å². The van der Waals surface area contributed by atoms with Crippen molar-refractivity contribution in [3.8, 4) is 5.75 Å². The van der Waals surface area contributed by atoms with E-state index in [4.69, 9.17) is 9.47 Å². The zero-order chi connectivity index (χ0) is 16.8. The maximum atomic E-state index is 13.6. The van der Waals surface area contributed by atoms with E-state index in [9.17, 15) is 14.5 Å². The molecule has 0 unspecified atom stereocenters. The second kappa shape index (κ2) is 7.55. The Labute approximate surface area is 133 Å². The number of methoxy groups -OCH3 is 2. The van der Waals surface area contributed by atoms with Crippen molar-refractivity contribution in [2.45, 2.75) is 13.2 Å². The SMILES string of the molecule is COCc1cc(CNc2ccc([N+](=O)[O-])c(OC)c2)ccc1F. The van der Waals surface area contributed by atoms with Crippen LogP contribution in [0.4, 0.5) is 15.8 Å². The van der Waals surface area contributed by atoms with Crippen LogP contribution in [0.2, 0.25) is 0 Å². The first-order valence-electron chi connectivity index (χ1n) is 6.87. The zero-order valence-electron chi connectivity index (χ0n) is 12.8. The summed E-state index contributed by atoms with van der Waals surface area (Å²) in [4.78, 5) is 10.4. The number of nitro benzene ring substituents is 1. The molecule has 0 heterocycles. The zero-order valence-corrected chi connectivity index (χ0v) is 12.8. The molecule has 0 spiro atoms. The van der Waals surface area contributed by atoms with E-state index in [-0.39, 0.29) is 23.9 Å². The summed E-state index contributed by atoms with van der Waals surface area (Å²) in [6, 6.07) is 9.31. The van der Waals surface area contributed by atoms with Gasteiger partial charge in [0.25, 0.3) is 0 Å². The van der Waals surface area contributed by atoms with Crippen molar-refractivity contribution >= 4 is 11.4 Å². The highest BCUT2D eigenvalue weighted by molar-refractivity contribution is 5.58. The minimum atomic E-state index is -0.500. The molecule has 6 nitrogen and oxygen atoms in total. The van der Waals surface area contributed by atoms with Gasteiger partial charge >= 0.3 is 5.69 Å². The summed E-state index contributed by atoms with van der Waals surface area (Å²) in [7, 11) is 2.89. The Morgan fingerprint density at radius 1 is 1.22 bits per heavy atom. The fourth-order valence-corrected chi connectivity index (χ4v) is 2.15. The molecular formula is C16H17FN2O4. The minimum Gasteiger partial charge on any atom is -0.490 e. The lowest BCUT2D eigenvalue weighted by molar-refractivity contribution is -0.385. The van der Waals surface area contributed by atoms with Crippen molar-refractivity contribution in [2.24, 2.45) is 0 Å². The second-order valence-corrected chi connectivity index (χ2v) is 4.86. The summed E-state index contributed by atoms with van der Waals surface area (Å²) >= 11 is 0. The number of rotatable bonds is 7. The first-order valence-corrected chi connectivity index (χ1v) is 6.87. The second-order valence-electron chi connectivity index (χ2n) is 4.86. The normalized spacial score (nSPS) is 10.4. The number of hydrogen-bond acceptors (Lipinski definition) is 5. The van der Waals surface area contributed by atoms with Crippen molar-refractivity contribution in [1.82, 2.24) is 0 Å². The lowest BCUT2D eigenvalue weighted by Crippen LogP contribution is -2.02. The van der Waals surface area contributed by atoms with Crippen LogP contribution in [0.1, 0.15) is 11.1 Å². The van der Waals surface area contributed by atoms with Crippen molar-refractivity contribution in [1.29, 1.82) is 0 Å². The number of nitrogens with one attached hydrogen (secondary N) is 1. The molecule has 0 fully saturated rings. The quantitative estimate of drug-likeness (QED) is 0.624. The Hall–Kier alpha value is -2.67. The molecule has 0 aliphatic carbocycles. The molecule has 0 saturated heterocycles. The molecule has 0 atom stereocenters. The van der Waals surface area contributed by atoms with E-state index in [1.54, 1.807) is 24.3 Å². The topological polar surface area (TPSA) is 73.6 Å². The van der Waals surface area contributed by atoms with Gasteiger partial charge in [0, 0.05) is 37.0 Å². The highest BCUT2D eigenvalue weighted by Crippen LogP contribution is 2.29. The van der Waals surface area contributed by atoms with Crippen LogP contribution >= 0.6 is 0 Å². The molecule has 0 aliphatic rings. The fourth-order valence-electron chi connectivity index (χ4n) is 2.15. The number of hydrogen-bond donors (Lipinski definition) is 1. The van der Waals surface area contributed by atoms with Gasteiger partial charge in [0.1, 0.15) is 5.82 Å². The van der Waals surface area contributed by atoms with E-state index in [1.165, 1.54) is 26.4 Å². The molecule has 0 saturated carbocycles. The third kappa shape index (κ3) is 4.17. The van der Waals surface area contributed by atoms with Gasteiger partial charge in [0.15, 0.2) is 5.75 Å². The highest BCUT2D eigenvalue weighted by Gasteiger charge is 2.14. The number of nitro groups is 1. The summed E-state index contributed by atoms with van der Waals surface area (Å²) in [6.07, 6.45) is 0. The van der Waals surface area contributed by atoms with E-state index in [0.717, 1.165) is 5.56 Å². The molecule has 2 aromatic carbocycles. The van der Waals surface area contributed by atoms with Gasteiger partial charge in [0.05, 0.1) is 18.6 Å². The van der Waals surface area contributed by atoms with Crippen LogP contribution in [0.15, 0.2) is 36.4 Å². The van der Waals surface area contributed by atoms with Crippen LogP contribution in [-0.4, -0.2) is 19.1 Å². The summed E-state index contributed by atoms with van der Waals surface area (Å²) in [6.45, 7) is 0.642. The summed E-state index contributed by atoms with van der Waals surface area (Å²) in [5.74, 6) is -0.133. The van der Waals surface area contributed by atoms with Gasteiger partial charge in [0.2, 0.25) is 0 Å². The van der Waals surface area contributed by atoms with E-state index < -0.39 is 4.92 Å². The third-order valence-corrected chi connectivity index (χ3v) is 3.28. The van der Waals surface area contributed by atoms with E-state index >= 15 is 0 Å². The molecule has 7 heteroatoms. The van der Waals surface area contributed by atoms with Crippen molar-refractivity contribution in [2.75, 3.05) is 19.5 Å². The van der Waals surface area contributed by atoms with Crippen LogP contribution in [0.25, 0.3) is 0 Å². The van der Waals surface area contributed by atoms with Crippen molar-refractivity contribution in [3.63, 3.8) is 0 Å². The molecule has 2 rings (SSSR count). The maximum absolute atomic E-state index is 13.6. The smallest absolute Gasteiger partial charge is 0.311 e. The van der Waals surface area contributed by atoms with Gasteiger partial charge < -0.3 is 14.8 Å². The molecule has 2 aromatic rings. The Morgan fingerprint density at radius 2 is 2.00 bits per heavy atom. The maximum Gasteiger partial charge on any atom is 0.311 e. The molecule has 23 heavy (non-hydrogen) atoms. The Morgan fingerprint density at radius 3 is 2.65 bits per heavy atom. The van der Waals surface area contributed by atoms with Gasteiger partial charge in [-0.1, -0.05) is 6.07 Å². The first-order chi connectivity index (χ1) is 11.0. The molecule has 0 aliphatic heterocycles. The van der Waals surface area contributed by atoms with Gasteiger partial charge in [-0.15, -0.1) is 0 Å². The van der Waals surface area contributed by atoms with Gasteiger partial charge in [-0.05, 0) is 23.8 Å². The van der Waals surface area contributed by atoms with Crippen molar-refractivity contribution < 1.29 is 18.8 Å². The predicted molar refractivity (Wildman–Crippen MR) is 84.1 cm³/mol. The summed E-state index contributed by atoms with van der Waals surface area (Å²) < 4.78 is 23.5. The molecule has 0 aromatic heterocycles. The number of ether oxygens (including phenoxy) is 2. The molecular weight excluding hydrogens is 303 g/mol. The average Bonchev–Trinajstić information content (AvgIpc) is 2.55. The fraction of sp³-hybridized carbons (Fsp3) is 0.250. The van der Waals surface area contributed by atoms with Crippen LogP contribution in [-0.2, 0) is 17.9 Å². The molecule has 0 amide bonds. The first kappa shape index (κ1) is 16.7. The largest absolute Gasteiger partial charge is 0.490 e. The molecule has 122 valence electrons. The Bertz CT molecular complexity index is 706. The summed E-state index contributed by atoms with van der Waals surface area (Å²) in [5, 5.41) is 14.0. The monoisotopic (exact) mass is 320 g/mol. The average molecular weight is 320 g/mol. The number of benzene rings is 2. The lowest BCUT2D eigenvalue weighted by atomic mass is 10.1. The predicted octanol–water partition coefficient (Wildman–Crippen LogP) is 3.50. The number of nitrogens with zero attached hydrogens (tertiary/aromatic N) is 1. The molecule has 1 N–H and O–H groups in total. The van der Waals surface area contributed by atoms with Gasteiger partial charge in [-0.25, -0.2) is 4.39 Å². The molecule has 0 radical (unpaired) electrons. The molecule has 0 bridgehead atoms. The summed E-state index contributed by atoms with van der Waals surface area (Å²) in [5.41, 5.74) is 1.93. The Kier molecular flexibility index (Phi) is 5.48.